The Balaban J connectivity index is 1.60. The van der Waals surface area contributed by atoms with E-state index in [0.717, 1.165) is 32.0 Å². The van der Waals surface area contributed by atoms with Gasteiger partial charge in [-0.2, -0.15) is 0 Å². The molecule has 2 amide bonds. The molecule has 0 atom stereocenters. The zero-order chi connectivity index (χ0) is 18.5. The minimum absolute atomic E-state index is 0.0801. The first-order chi connectivity index (χ1) is 12.5. The summed E-state index contributed by atoms with van der Waals surface area (Å²) in [6.07, 6.45) is 7.28. The van der Waals surface area contributed by atoms with Crippen molar-refractivity contribution in [3.8, 4) is 5.75 Å². The van der Waals surface area contributed by atoms with Gasteiger partial charge in [-0.3, -0.25) is 9.59 Å². The van der Waals surface area contributed by atoms with Crippen molar-refractivity contribution in [3.05, 3.63) is 28.8 Å². The second-order valence-electron chi connectivity index (χ2n) is 7.08. The summed E-state index contributed by atoms with van der Waals surface area (Å²) in [4.78, 5) is 25.8. The summed E-state index contributed by atoms with van der Waals surface area (Å²) in [5.74, 6) is -0.512. The summed E-state index contributed by atoms with van der Waals surface area (Å²) in [7, 11) is 0. The predicted octanol–water partition coefficient (Wildman–Crippen LogP) is 2.34. The summed E-state index contributed by atoms with van der Waals surface area (Å²) in [5, 5.41) is 2.93. The Hall–Kier alpha value is -1.79. The number of rotatable bonds is 6. The minimum Gasteiger partial charge on any atom is -0.489 e. The maximum atomic E-state index is 12.3. The third-order valence-corrected chi connectivity index (χ3v) is 5.46. The van der Waals surface area contributed by atoms with Crippen LogP contribution in [0.4, 0.5) is 0 Å². The van der Waals surface area contributed by atoms with E-state index in [9.17, 15) is 9.59 Å². The lowest BCUT2D eigenvalue weighted by molar-refractivity contribution is -0.117. The van der Waals surface area contributed by atoms with Crippen LogP contribution in [0.5, 0.6) is 5.75 Å². The van der Waals surface area contributed by atoms with Crippen LogP contribution in [0.25, 0.3) is 0 Å². The predicted molar refractivity (Wildman–Crippen MR) is 100 cm³/mol. The number of piperidine rings is 1. The molecule has 2 aliphatic rings. The molecule has 26 heavy (non-hydrogen) atoms. The molecular weight excluding hydrogens is 354 g/mol. The lowest BCUT2D eigenvalue weighted by Crippen LogP contribution is -2.43. The van der Waals surface area contributed by atoms with Gasteiger partial charge in [0.2, 0.25) is 5.91 Å². The van der Waals surface area contributed by atoms with Crippen molar-refractivity contribution in [1.29, 1.82) is 0 Å². The third-order valence-electron chi connectivity index (χ3n) is 5.22. The number of ether oxygens (including phenoxy) is 1. The highest BCUT2D eigenvalue weighted by Crippen LogP contribution is 2.29. The third kappa shape index (κ3) is 4.89. The van der Waals surface area contributed by atoms with Crippen molar-refractivity contribution in [3.63, 3.8) is 0 Å². The average molecular weight is 380 g/mol. The van der Waals surface area contributed by atoms with E-state index in [0.29, 0.717) is 16.3 Å². The van der Waals surface area contributed by atoms with E-state index in [-0.39, 0.29) is 12.6 Å². The van der Waals surface area contributed by atoms with Crippen LogP contribution in [-0.2, 0) is 4.79 Å². The Morgan fingerprint density at radius 2 is 1.88 bits per heavy atom. The maximum absolute atomic E-state index is 12.3. The Kier molecular flexibility index (Phi) is 6.38. The van der Waals surface area contributed by atoms with Gasteiger partial charge >= 0.3 is 0 Å². The summed E-state index contributed by atoms with van der Waals surface area (Å²) in [6.45, 7) is 1.85. The van der Waals surface area contributed by atoms with Crippen LogP contribution in [-0.4, -0.2) is 48.5 Å². The molecule has 0 radical (unpaired) electrons. The molecular formula is C19H26ClN3O3. The van der Waals surface area contributed by atoms with E-state index in [2.05, 4.69) is 10.2 Å². The number of hydrogen-bond acceptors (Lipinski definition) is 4. The largest absolute Gasteiger partial charge is 0.489 e. The molecule has 1 aliphatic carbocycles. The molecule has 0 unspecified atom stereocenters. The van der Waals surface area contributed by atoms with E-state index in [1.54, 1.807) is 18.2 Å². The molecule has 1 saturated carbocycles. The summed E-state index contributed by atoms with van der Waals surface area (Å²) < 4.78 is 6.12. The molecule has 142 valence electrons. The topological polar surface area (TPSA) is 84.7 Å². The normalized spacial score (nSPS) is 19.4. The van der Waals surface area contributed by atoms with Gasteiger partial charge in [-0.1, -0.05) is 24.4 Å². The minimum atomic E-state index is -0.595. The number of nitrogens with two attached hydrogens (primary N) is 1. The van der Waals surface area contributed by atoms with Crippen LogP contribution in [0.1, 0.15) is 48.9 Å². The highest BCUT2D eigenvalue weighted by Gasteiger charge is 2.28. The number of benzene rings is 1. The van der Waals surface area contributed by atoms with Gasteiger partial charge in [0, 0.05) is 24.2 Å². The highest BCUT2D eigenvalue weighted by atomic mass is 35.5. The molecule has 3 N–H and O–H groups in total. The van der Waals surface area contributed by atoms with Gasteiger partial charge in [0.15, 0.2) is 0 Å². The van der Waals surface area contributed by atoms with Crippen LogP contribution >= 0.6 is 11.6 Å². The van der Waals surface area contributed by atoms with Crippen LogP contribution < -0.4 is 15.8 Å². The van der Waals surface area contributed by atoms with Crippen molar-refractivity contribution in [2.45, 2.75) is 50.7 Å². The number of hydrogen-bond donors (Lipinski definition) is 2. The molecule has 6 nitrogen and oxygen atoms in total. The van der Waals surface area contributed by atoms with Gasteiger partial charge in [0.05, 0.1) is 12.1 Å². The van der Waals surface area contributed by atoms with Gasteiger partial charge in [0.1, 0.15) is 11.9 Å². The van der Waals surface area contributed by atoms with Crippen molar-refractivity contribution in [1.82, 2.24) is 10.2 Å². The van der Waals surface area contributed by atoms with Crippen molar-refractivity contribution in [2.75, 3.05) is 19.6 Å². The van der Waals surface area contributed by atoms with Gasteiger partial charge in [-0.15, -0.1) is 0 Å². The van der Waals surface area contributed by atoms with Crippen molar-refractivity contribution >= 4 is 23.4 Å². The first-order valence-corrected chi connectivity index (χ1v) is 9.67. The van der Waals surface area contributed by atoms with Gasteiger partial charge in [0.25, 0.3) is 5.91 Å². The second-order valence-corrected chi connectivity index (χ2v) is 7.52. The Morgan fingerprint density at radius 3 is 2.54 bits per heavy atom. The molecule has 0 spiro atoms. The molecule has 3 rings (SSSR count). The lowest BCUT2D eigenvalue weighted by Gasteiger charge is -2.36. The number of carbonyl (C=O) groups is 2. The van der Waals surface area contributed by atoms with E-state index < -0.39 is 11.8 Å². The fourth-order valence-electron chi connectivity index (χ4n) is 3.85. The van der Waals surface area contributed by atoms with E-state index in [4.69, 9.17) is 22.1 Å². The van der Waals surface area contributed by atoms with E-state index in [1.165, 1.54) is 25.7 Å². The fraction of sp³-hybridized carbons (Fsp3) is 0.579. The van der Waals surface area contributed by atoms with E-state index >= 15 is 0 Å². The number of primary amides is 1. The molecule has 1 aromatic rings. The Morgan fingerprint density at radius 1 is 1.19 bits per heavy atom. The first-order valence-electron chi connectivity index (χ1n) is 9.29. The first kappa shape index (κ1) is 19.0. The number of nitrogens with zero attached hydrogens (tertiary/aromatic N) is 1. The van der Waals surface area contributed by atoms with Crippen molar-refractivity contribution < 1.29 is 14.3 Å². The molecule has 1 aromatic carbocycles. The van der Waals surface area contributed by atoms with Crippen LogP contribution in [0.3, 0.4) is 0 Å². The number of amides is 2. The van der Waals surface area contributed by atoms with E-state index in [1.807, 2.05) is 0 Å². The average Bonchev–Trinajstić information content (AvgIpc) is 3.16. The molecule has 0 bridgehead atoms. The quantitative estimate of drug-likeness (QED) is 0.794. The molecule has 7 heteroatoms. The monoisotopic (exact) mass is 379 g/mol. The SMILES string of the molecule is NC(=O)CNC(=O)c1cc(Cl)ccc1OC1CCN(C2CCCC2)CC1. The maximum Gasteiger partial charge on any atom is 0.255 e. The lowest BCUT2D eigenvalue weighted by atomic mass is 10.0. The number of halogens is 1. The molecule has 1 saturated heterocycles. The van der Waals surface area contributed by atoms with Gasteiger partial charge in [-0.05, 0) is 43.9 Å². The molecule has 0 aromatic heterocycles. The molecule has 1 heterocycles. The fourth-order valence-corrected chi connectivity index (χ4v) is 4.02. The van der Waals surface area contributed by atoms with Gasteiger partial charge < -0.3 is 20.7 Å². The number of likely N-dealkylation sites (tertiary alicyclic amines) is 1. The highest BCUT2D eigenvalue weighted by molar-refractivity contribution is 6.31. The summed E-state index contributed by atoms with van der Waals surface area (Å²) >= 11 is 6.02. The molecule has 1 aliphatic heterocycles. The second kappa shape index (κ2) is 8.73. The number of nitrogens with one attached hydrogen (secondary N) is 1. The smallest absolute Gasteiger partial charge is 0.255 e. The van der Waals surface area contributed by atoms with Gasteiger partial charge in [-0.25, -0.2) is 0 Å². The Labute approximate surface area is 159 Å². The zero-order valence-corrected chi connectivity index (χ0v) is 15.6. The van der Waals surface area contributed by atoms with Crippen LogP contribution in [0.2, 0.25) is 5.02 Å². The Bertz CT molecular complexity index is 653. The zero-order valence-electron chi connectivity index (χ0n) is 14.9. The van der Waals surface area contributed by atoms with Crippen LogP contribution in [0, 0.1) is 0 Å². The number of carbonyl (C=O) groups excluding carboxylic acids is 2. The summed E-state index contributed by atoms with van der Waals surface area (Å²) in [6, 6.07) is 5.71. The summed E-state index contributed by atoms with van der Waals surface area (Å²) in [5.41, 5.74) is 5.42. The van der Waals surface area contributed by atoms with Crippen LogP contribution in [0.15, 0.2) is 18.2 Å². The van der Waals surface area contributed by atoms with Crippen molar-refractivity contribution in [2.24, 2.45) is 5.73 Å². The standard InChI is InChI=1S/C19H26ClN3O3/c20-13-5-6-17(16(11-13)19(25)22-12-18(21)24)26-15-7-9-23(10-8-15)14-3-1-2-4-14/h5-6,11,14-15H,1-4,7-10,12H2,(H2,21,24)(H,22,25). The molecule has 2 fully saturated rings.